The third-order valence-electron chi connectivity index (χ3n) is 2.84. The second-order valence-electron chi connectivity index (χ2n) is 4.29. The summed E-state index contributed by atoms with van der Waals surface area (Å²) in [6, 6.07) is 16.5. The standard InChI is InChI=1S/C15H15BrClN/c1-18(11-13-3-2-4-14(17)9-13)15-7-5-12(10-16)6-8-15/h2-9H,10-11H2,1H3. The molecule has 0 aliphatic rings. The second-order valence-corrected chi connectivity index (χ2v) is 5.28. The minimum Gasteiger partial charge on any atom is -0.370 e. The van der Waals surface area contributed by atoms with Crippen LogP contribution in [0.15, 0.2) is 48.5 Å². The highest BCUT2D eigenvalue weighted by Crippen LogP contribution is 2.19. The Morgan fingerprint density at radius 1 is 1.06 bits per heavy atom. The molecule has 0 unspecified atom stereocenters. The zero-order valence-electron chi connectivity index (χ0n) is 10.2. The number of alkyl halides is 1. The minimum absolute atomic E-state index is 0.788. The zero-order valence-corrected chi connectivity index (χ0v) is 12.6. The Kier molecular flexibility index (Phi) is 4.67. The molecule has 0 spiro atoms. The van der Waals surface area contributed by atoms with Crippen LogP contribution in [0, 0.1) is 0 Å². The van der Waals surface area contributed by atoms with Gasteiger partial charge in [-0.3, -0.25) is 0 Å². The summed E-state index contributed by atoms with van der Waals surface area (Å²) in [5.41, 5.74) is 3.71. The van der Waals surface area contributed by atoms with Crippen molar-refractivity contribution in [2.45, 2.75) is 11.9 Å². The molecule has 0 bridgehead atoms. The molecule has 0 saturated heterocycles. The molecule has 0 aromatic heterocycles. The van der Waals surface area contributed by atoms with Crippen molar-refractivity contribution in [3.8, 4) is 0 Å². The van der Waals surface area contributed by atoms with E-state index in [1.165, 1.54) is 16.8 Å². The highest BCUT2D eigenvalue weighted by atomic mass is 79.9. The third kappa shape index (κ3) is 3.50. The second kappa shape index (κ2) is 6.26. The number of nitrogens with zero attached hydrogens (tertiary/aromatic N) is 1. The van der Waals surface area contributed by atoms with Crippen molar-refractivity contribution in [3.05, 3.63) is 64.7 Å². The van der Waals surface area contributed by atoms with E-state index in [9.17, 15) is 0 Å². The molecule has 0 heterocycles. The summed E-state index contributed by atoms with van der Waals surface area (Å²) in [6.07, 6.45) is 0. The highest BCUT2D eigenvalue weighted by Gasteiger charge is 2.02. The highest BCUT2D eigenvalue weighted by molar-refractivity contribution is 9.08. The van der Waals surface area contributed by atoms with Crippen LogP contribution in [-0.4, -0.2) is 7.05 Å². The van der Waals surface area contributed by atoms with Gasteiger partial charge in [-0.2, -0.15) is 0 Å². The number of rotatable bonds is 4. The molecule has 1 nitrogen and oxygen atoms in total. The van der Waals surface area contributed by atoms with E-state index < -0.39 is 0 Å². The van der Waals surface area contributed by atoms with E-state index in [0.29, 0.717) is 0 Å². The molecular formula is C15H15BrClN. The van der Waals surface area contributed by atoms with Gasteiger partial charge in [-0.05, 0) is 35.4 Å². The molecule has 0 aliphatic heterocycles. The number of hydrogen-bond acceptors (Lipinski definition) is 1. The van der Waals surface area contributed by atoms with Crippen LogP contribution in [0.5, 0.6) is 0 Å². The molecule has 3 heteroatoms. The number of anilines is 1. The molecular weight excluding hydrogens is 310 g/mol. The van der Waals surface area contributed by atoms with Gasteiger partial charge in [0.25, 0.3) is 0 Å². The van der Waals surface area contributed by atoms with Crippen LogP contribution < -0.4 is 4.90 Å². The van der Waals surface area contributed by atoms with Crippen molar-refractivity contribution in [1.29, 1.82) is 0 Å². The van der Waals surface area contributed by atoms with Gasteiger partial charge in [0, 0.05) is 29.6 Å². The normalized spacial score (nSPS) is 10.4. The smallest absolute Gasteiger partial charge is 0.0426 e. The fourth-order valence-electron chi connectivity index (χ4n) is 1.84. The Morgan fingerprint density at radius 3 is 2.39 bits per heavy atom. The fourth-order valence-corrected chi connectivity index (χ4v) is 2.43. The predicted molar refractivity (Wildman–Crippen MR) is 82.6 cm³/mol. The summed E-state index contributed by atoms with van der Waals surface area (Å²) >= 11 is 9.44. The lowest BCUT2D eigenvalue weighted by Crippen LogP contribution is -2.16. The average molecular weight is 325 g/mol. The van der Waals surface area contributed by atoms with Crippen LogP contribution in [0.3, 0.4) is 0 Å². The van der Waals surface area contributed by atoms with E-state index in [-0.39, 0.29) is 0 Å². The summed E-state index contributed by atoms with van der Waals surface area (Å²) < 4.78 is 0. The first kappa shape index (κ1) is 13.4. The Labute approximate surface area is 122 Å². The lowest BCUT2D eigenvalue weighted by molar-refractivity contribution is 0.923. The Balaban J connectivity index is 2.09. The van der Waals surface area contributed by atoms with Gasteiger partial charge in [-0.25, -0.2) is 0 Å². The van der Waals surface area contributed by atoms with Crippen LogP contribution in [0.25, 0.3) is 0 Å². The molecule has 0 fully saturated rings. The topological polar surface area (TPSA) is 3.24 Å². The summed E-state index contributed by atoms with van der Waals surface area (Å²) in [7, 11) is 2.09. The summed E-state index contributed by atoms with van der Waals surface area (Å²) in [5, 5.41) is 1.68. The first-order valence-electron chi connectivity index (χ1n) is 5.79. The van der Waals surface area contributed by atoms with E-state index in [2.05, 4.69) is 58.2 Å². The fraction of sp³-hybridized carbons (Fsp3) is 0.200. The van der Waals surface area contributed by atoms with Crippen LogP contribution in [0.1, 0.15) is 11.1 Å². The van der Waals surface area contributed by atoms with Gasteiger partial charge in [0.15, 0.2) is 0 Å². The van der Waals surface area contributed by atoms with Crippen molar-refractivity contribution in [1.82, 2.24) is 0 Å². The number of halogens is 2. The lowest BCUT2D eigenvalue weighted by Gasteiger charge is -2.19. The van der Waals surface area contributed by atoms with Gasteiger partial charge in [0.2, 0.25) is 0 Å². The Morgan fingerprint density at radius 2 is 1.78 bits per heavy atom. The molecule has 0 N–H and O–H groups in total. The molecule has 0 aliphatic carbocycles. The maximum atomic E-state index is 5.99. The maximum absolute atomic E-state index is 5.99. The zero-order chi connectivity index (χ0) is 13.0. The Hall–Kier alpha value is -0.990. The first-order valence-corrected chi connectivity index (χ1v) is 7.29. The van der Waals surface area contributed by atoms with E-state index in [0.717, 1.165) is 16.9 Å². The largest absolute Gasteiger partial charge is 0.370 e. The quantitative estimate of drug-likeness (QED) is 0.725. The first-order chi connectivity index (χ1) is 8.69. The molecule has 2 rings (SSSR count). The van der Waals surface area contributed by atoms with Crippen molar-refractivity contribution in [3.63, 3.8) is 0 Å². The van der Waals surface area contributed by atoms with Crippen molar-refractivity contribution >= 4 is 33.2 Å². The van der Waals surface area contributed by atoms with Crippen LogP contribution in [0.4, 0.5) is 5.69 Å². The van der Waals surface area contributed by atoms with E-state index in [4.69, 9.17) is 11.6 Å². The lowest BCUT2D eigenvalue weighted by atomic mass is 10.2. The van der Waals surface area contributed by atoms with Gasteiger partial charge >= 0.3 is 0 Å². The molecule has 0 radical (unpaired) electrons. The van der Waals surface area contributed by atoms with Crippen LogP contribution in [0.2, 0.25) is 5.02 Å². The molecule has 94 valence electrons. The van der Waals surface area contributed by atoms with Crippen LogP contribution in [-0.2, 0) is 11.9 Å². The maximum Gasteiger partial charge on any atom is 0.0426 e. The number of hydrogen-bond donors (Lipinski definition) is 0. The van der Waals surface area contributed by atoms with Crippen LogP contribution >= 0.6 is 27.5 Å². The molecule has 0 saturated carbocycles. The SMILES string of the molecule is CN(Cc1cccc(Cl)c1)c1ccc(CBr)cc1. The molecule has 2 aromatic carbocycles. The molecule has 0 atom stereocenters. The van der Waals surface area contributed by atoms with Gasteiger partial charge in [-0.1, -0.05) is 51.8 Å². The van der Waals surface area contributed by atoms with E-state index >= 15 is 0 Å². The van der Waals surface area contributed by atoms with E-state index in [1.807, 2.05) is 18.2 Å². The monoisotopic (exact) mass is 323 g/mol. The minimum atomic E-state index is 0.788. The predicted octanol–water partition coefficient (Wildman–Crippen LogP) is 4.87. The third-order valence-corrected chi connectivity index (χ3v) is 3.72. The van der Waals surface area contributed by atoms with Crippen molar-refractivity contribution in [2.24, 2.45) is 0 Å². The van der Waals surface area contributed by atoms with Gasteiger partial charge in [-0.15, -0.1) is 0 Å². The molecule has 2 aromatic rings. The molecule has 0 amide bonds. The van der Waals surface area contributed by atoms with Gasteiger partial charge in [0.05, 0.1) is 0 Å². The summed E-state index contributed by atoms with van der Waals surface area (Å²) in [6.45, 7) is 0.855. The van der Waals surface area contributed by atoms with Crippen molar-refractivity contribution in [2.75, 3.05) is 11.9 Å². The average Bonchev–Trinajstić information content (AvgIpc) is 2.39. The van der Waals surface area contributed by atoms with Crippen molar-refractivity contribution < 1.29 is 0 Å². The van der Waals surface area contributed by atoms with Gasteiger partial charge < -0.3 is 4.90 Å². The van der Waals surface area contributed by atoms with E-state index in [1.54, 1.807) is 0 Å². The molecule has 18 heavy (non-hydrogen) atoms. The number of benzene rings is 2. The Bertz CT molecular complexity index is 510. The summed E-state index contributed by atoms with van der Waals surface area (Å²) in [5.74, 6) is 0. The van der Waals surface area contributed by atoms with Gasteiger partial charge in [0.1, 0.15) is 0 Å². The summed E-state index contributed by atoms with van der Waals surface area (Å²) in [4.78, 5) is 2.21.